The smallest absolute Gasteiger partial charge is 0.262 e. The summed E-state index contributed by atoms with van der Waals surface area (Å²) in [6, 6.07) is 6.00. The number of thiophene rings is 1. The number of fused-ring (bicyclic) bond motifs is 3. The Kier molecular flexibility index (Phi) is 5.01. The largest absolute Gasteiger partial charge is 0.351 e. The van der Waals surface area contributed by atoms with Crippen molar-refractivity contribution in [2.75, 3.05) is 5.75 Å². The predicted octanol–water partition coefficient (Wildman–Crippen LogP) is 3.03. The van der Waals surface area contributed by atoms with E-state index in [1.54, 1.807) is 30.5 Å². The number of benzene rings is 1. The van der Waals surface area contributed by atoms with Gasteiger partial charge in [-0.1, -0.05) is 23.9 Å². The van der Waals surface area contributed by atoms with Crippen molar-refractivity contribution in [1.82, 2.24) is 14.9 Å². The molecule has 3 aromatic rings. The SMILES string of the molecule is Cn1c(SCC(=O)NCc2ccc(F)cc2)nc2sc3c(c2c1=O)CCC3. The summed E-state index contributed by atoms with van der Waals surface area (Å²) in [7, 11) is 1.70. The van der Waals surface area contributed by atoms with Gasteiger partial charge in [0.1, 0.15) is 10.6 Å². The molecule has 1 aliphatic rings. The molecular formula is C19H18FN3O2S2. The molecule has 0 unspecified atom stereocenters. The first-order valence-electron chi connectivity index (χ1n) is 8.68. The van der Waals surface area contributed by atoms with Crippen LogP contribution in [0.25, 0.3) is 10.2 Å². The van der Waals surface area contributed by atoms with E-state index in [2.05, 4.69) is 10.3 Å². The lowest BCUT2D eigenvalue weighted by Crippen LogP contribution is -2.25. The molecule has 0 aliphatic heterocycles. The summed E-state index contributed by atoms with van der Waals surface area (Å²) in [5, 5.41) is 4.09. The molecule has 4 rings (SSSR count). The molecule has 0 radical (unpaired) electrons. The predicted molar refractivity (Wildman–Crippen MR) is 106 cm³/mol. The van der Waals surface area contributed by atoms with Gasteiger partial charge < -0.3 is 5.32 Å². The van der Waals surface area contributed by atoms with Crippen LogP contribution >= 0.6 is 23.1 Å². The number of amides is 1. The second kappa shape index (κ2) is 7.44. The first-order valence-corrected chi connectivity index (χ1v) is 10.5. The Bertz CT molecular complexity index is 1070. The summed E-state index contributed by atoms with van der Waals surface area (Å²) in [6.07, 6.45) is 3.07. The zero-order valence-electron chi connectivity index (χ0n) is 14.8. The van der Waals surface area contributed by atoms with E-state index in [-0.39, 0.29) is 23.0 Å². The van der Waals surface area contributed by atoms with Gasteiger partial charge in [-0.15, -0.1) is 11.3 Å². The minimum Gasteiger partial charge on any atom is -0.351 e. The fraction of sp³-hybridized carbons (Fsp3) is 0.316. The molecular weight excluding hydrogens is 385 g/mol. The highest BCUT2D eigenvalue weighted by atomic mass is 32.2. The van der Waals surface area contributed by atoms with Crippen LogP contribution in [-0.2, 0) is 31.2 Å². The summed E-state index contributed by atoms with van der Waals surface area (Å²) in [4.78, 5) is 31.5. The van der Waals surface area contributed by atoms with E-state index in [0.29, 0.717) is 11.7 Å². The van der Waals surface area contributed by atoms with E-state index in [4.69, 9.17) is 0 Å². The van der Waals surface area contributed by atoms with Crippen molar-refractivity contribution in [3.63, 3.8) is 0 Å². The molecule has 5 nitrogen and oxygen atoms in total. The number of rotatable bonds is 5. The molecule has 1 aromatic carbocycles. The van der Waals surface area contributed by atoms with Crippen LogP contribution in [0.15, 0.2) is 34.2 Å². The maximum Gasteiger partial charge on any atom is 0.262 e. The van der Waals surface area contributed by atoms with Gasteiger partial charge in [0.2, 0.25) is 5.91 Å². The van der Waals surface area contributed by atoms with E-state index in [0.717, 1.165) is 40.6 Å². The molecule has 0 atom stereocenters. The summed E-state index contributed by atoms with van der Waals surface area (Å²) in [5.41, 5.74) is 1.96. The number of aryl methyl sites for hydroxylation is 2. The van der Waals surface area contributed by atoms with Crippen molar-refractivity contribution in [3.8, 4) is 0 Å². The second-order valence-electron chi connectivity index (χ2n) is 6.49. The molecule has 8 heteroatoms. The van der Waals surface area contributed by atoms with Crippen LogP contribution < -0.4 is 10.9 Å². The maximum absolute atomic E-state index is 12.9. The molecule has 0 saturated carbocycles. The number of carbonyl (C=O) groups is 1. The first-order chi connectivity index (χ1) is 13.0. The topological polar surface area (TPSA) is 64.0 Å². The lowest BCUT2D eigenvalue weighted by Gasteiger charge is -2.08. The number of nitrogens with one attached hydrogen (secondary N) is 1. The van der Waals surface area contributed by atoms with Crippen molar-refractivity contribution in [2.24, 2.45) is 7.05 Å². The van der Waals surface area contributed by atoms with Crippen molar-refractivity contribution in [3.05, 3.63) is 56.4 Å². The molecule has 0 saturated heterocycles. The molecule has 1 amide bonds. The molecule has 0 fully saturated rings. The Balaban J connectivity index is 1.44. The summed E-state index contributed by atoms with van der Waals surface area (Å²) >= 11 is 2.85. The monoisotopic (exact) mass is 403 g/mol. The number of thioether (sulfide) groups is 1. The van der Waals surface area contributed by atoms with Crippen LogP contribution in [0.3, 0.4) is 0 Å². The van der Waals surface area contributed by atoms with Crippen molar-refractivity contribution in [1.29, 1.82) is 0 Å². The molecule has 1 N–H and O–H groups in total. The third kappa shape index (κ3) is 3.64. The fourth-order valence-electron chi connectivity index (χ4n) is 3.22. The third-order valence-corrected chi connectivity index (χ3v) is 6.86. The Morgan fingerprint density at radius 2 is 2.11 bits per heavy atom. The third-order valence-electron chi connectivity index (χ3n) is 4.64. The Labute approximate surface area is 163 Å². The van der Waals surface area contributed by atoms with Crippen molar-refractivity contribution in [2.45, 2.75) is 31.0 Å². The quantitative estimate of drug-likeness (QED) is 0.525. The minimum atomic E-state index is -0.303. The summed E-state index contributed by atoms with van der Waals surface area (Å²) in [6.45, 7) is 0.336. The van der Waals surface area contributed by atoms with Crippen LogP contribution in [0.5, 0.6) is 0 Å². The Hall–Kier alpha value is -2.19. The van der Waals surface area contributed by atoms with Crippen LogP contribution in [0.2, 0.25) is 0 Å². The van der Waals surface area contributed by atoms with Gasteiger partial charge in [-0.2, -0.15) is 0 Å². The van der Waals surface area contributed by atoms with Gasteiger partial charge in [0, 0.05) is 18.5 Å². The molecule has 27 heavy (non-hydrogen) atoms. The van der Waals surface area contributed by atoms with Crippen LogP contribution in [-0.4, -0.2) is 21.2 Å². The zero-order valence-corrected chi connectivity index (χ0v) is 16.4. The lowest BCUT2D eigenvalue weighted by atomic mass is 10.2. The lowest BCUT2D eigenvalue weighted by molar-refractivity contribution is -0.118. The molecule has 0 bridgehead atoms. The van der Waals surface area contributed by atoms with Gasteiger partial charge in [-0.3, -0.25) is 14.2 Å². The molecule has 2 aromatic heterocycles. The molecule has 2 heterocycles. The second-order valence-corrected chi connectivity index (χ2v) is 8.51. The number of nitrogens with zero attached hydrogens (tertiary/aromatic N) is 2. The molecule has 140 valence electrons. The van der Waals surface area contributed by atoms with Gasteiger partial charge >= 0.3 is 0 Å². The van der Waals surface area contributed by atoms with Crippen LogP contribution in [0.1, 0.15) is 22.4 Å². The maximum atomic E-state index is 12.9. The molecule has 0 spiro atoms. The average Bonchev–Trinajstić information content (AvgIpc) is 3.23. The van der Waals surface area contributed by atoms with Gasteiger partial charge in [0.05, 0.1) is 11.1 Å². The number of halogens is 1. The van der Waals surface area contributed by atoms with Crippen LogP contribution in [0, 0.1) is 5.82 Å². The highest BCUT2D eigenvalue weighted by Gasteiger charge is 2.22. The number of hydrogen-bond donors (Lipinski definition) is 1. The van der Waals surface area contributed by atoms with Gasteiger partial charge in [-0.25, -0.2) is 9.37 Å². The zero-order chi connectivity index (χ0) is 19.0. The van der Waals surface area contributed by atoms with E-state index < -0.39 is 0 Å². The van der Waals surface area contributed by atoms with Gasteiger partial charge in [0.15, 0.2) is 5.16 Å². The van der Waals surface area contributed by atoms with E-state index in [9.17, 15) is 14.0 Å². The number of aromatic nitrogens is 2. The highest BCUT2D eigenvalue weighted by Crippen LogP contribution is 2.35. The minimum absolute atomic E-state index is 0.0337. The Morgan fingerprint density at radius 3 is 2.89 bits per heavy atom. The van der Waals surface area contributed by atoms with Gasteiger partial charge in [0.25, 0.3) is 5.56 Å². The average molecular weight is 404 g/mol. The van der Waals surface area contributed by atoms with Gasteiger partial charge in [-0.05, 0) is 42.5 Å². The van der Waals surface area contributed by atoms with E-state index in [1.807, 2.05) is 0 Å². The normalized spacial score (nSPS) is 13.1. The number of hydrogen-bond acceptors (Lipinski definition) is 5. The van der Waals surface area contributed by atoms with E-state index >= 15 is 0 Å². The Morgan fingerprint density at radius 1 is 1.33 bits per heavy atom. The number of carbonyl (C=O) groups excluding carboxylic acids is 1. The van der Waals surface area contributed by atoms with Crippen molar-refractivity contribution < 1.29 is 9.18 Å². The fourth-order valence-corrected chi connectivity index (χ4v) is 5.32. The summed E-state index contributed by atoms with van der Waals surface area (Å²) in [5.74, 6) is -0.298. The molecule has 1 aliphatic carbocycles. The standard InChI is InChI=1S/C19H18FN3O2S2/c1-23-18(25)16-13-3-2-4-14(13)27-17(16)22-19(23)26-10-15(24)21-9-11-5-7-12(20)8-6-11/h5-8H,2-4,9-10H2,1H3,(H,21,24). The highest BCUT2D eigenvalue weighted by molar-refractivity contribution is 7.99. The van der Waals surface area contributed by atoms with Crippen LogP contribution in [0.4, 0.5) is 4.39 Å². The van der Waals surface area contributed by atoms with Crippen molar-refractivity contribution >= 4 is 39.2 Å². The summed E-state index contributed by atoms with van der Waals surface area (Å²) < 4.78 is 14.4. The van der Waals surface area contributed by atoms with E-state index in [1.165, 1.54) is 33.3 Å². The first kappa shape index (κ1) is 18.2.